The van der Waals surface area contributed by atoms with E-state index in [2.05, 4.69) is 12.1 Å². The van der Waals surface area contributed by atoms with Crippen molar-refractivity contribution < 1.29 is 9.84 Å². The molecule has 0 spiro atoms. The largest absolute Gasteiger partial charge is 0.396 e. The summed E-state index contributed by atoms with van der Waals surface area (Å²) in [6.07, 6.45) is 1.13. The highest BCUT2D eigenvalue weighted by Gasteiger charge is 2.36. The summed E-state index contributed by atoms with van der Waals surface area (Å²) in [6, 6.07) is 10.2. The Morgan fingerprint density at radius 2 is 2.00 bits per heavy atom. The molecule has 0 aliphatic heterocycles. The van der Waals surface area contributed by atoms with Crippen LogP contribution in [-0.2, 0) is 11.3 Å². The van der Waals surface area contributed by atoms with Gasteiger partial charge in [-0.05, 0) is 23.8 Å². The summed E-state index contributed by atoms with van der Waals surface area (Å²) in [4.78, 5) is 0. The van der Waals surface area contributed by atoms with Crippen molar-refractivity contribution in [1.29, 1.82) is 0 Å². The van der Waals surface area contributed by atoms with E-state index in [1.807, 2.05) is 18.2 Å². The topological polar surface area (TPSA) is 29.5 Å². The van der Waals surface area contributed by atoms with Gasteiger partial charge in [-0.25, -0.2) is 0 Å². The number of aliphatic hydroxyl groups is 1. The number of aliphatic hydroxyl groups excluding tert-OH is 1. The van der Waals surface area contributed by atoms with Crippen molar-refractivity contribution in [3.05, 3.63) is 35.9 Å². The molecular weight excluding hydrogens is 176 g/mol. The molecular formula is C12H16O2. The highest BCUT2D eigenvalue weighted by molar-refractivity contribution is 5.13. The fourth-order valence-electron chi connectivity index (χ4n) is 1.64. The lowest BCUT2D eigenvalue weighted by Crippen LogP contribution is -2.00. The fraction of sp³-hybridized carbons (Fsp3) is 0.500. The molecule has 1 aromatic rings. The van der Waals surface area contributed by atoms with E-state index >= 15 is 0 Å². The van der Waals surface area contributed by atoms with Gasteiger partial charge in [0.05, 0.1) is 13.2 Å². The van der Waals surface area contributed by atoms with Crippen molar-refractivity contribution >= 4 is 0 Å². The molecule has 0 amide bonds. The van der Waals surface area contributed by atoms with Crippen molar-refractivity contribution in [2.24, 2.45) is 11.8 Å². The smallest absolute Gasteiger partial charge is 0.0717 e. The van der Waals surface area contributed by atoms with E-state index in [9.17, 15) is 0 Å². The van der Waals surface area contributed by atoms with Gasteiger partial charge < -0.3 is 9.84 Å². The van der Waals surface area contributed by atoms with Crippen LogP contribution in [0.3, 0.4) is 0 Å². The molecule has 0 radical (unpaired) electrons. The minimum atomic E-state index is 0.319. The van der Waals surface area contributed by atoms with E-state index in [1.54, 1.807) is 0 Å². The lowest BCUT2D eigenvalue weighted by atomic mass is 10.2. The first-order valence-electron chi connectivity index (χ1n) is 5.12. The van der Waals surface area contributed by atoms with Gasteiger partial charge in [0, 0.05) is 6.61 Å². The lowest BCUT2D eigenvalue weighted by Gasteiger charge is -2.03. The molecule has 2 heteroatoms. The fourth-order valence-corrected chi connectivity index (χ4v) is 1.64. The zero-order valence-corrected chi connectivity index (χ0v) is 8.23. The van der Waals surface area contributed by atoms with Gasteiger partial charge in [-0.2, -0.15) is 0 Å². The number of rotatable bonds is 5. The van der Waals surface area contributed by atoms with Gasteiger partial charge in [0.2, 0.25) is 0 Å². The standard InChI is InChI=1S/C12H16O2/c13-7-11-6-12(11)9-14-8-10-4-2-1-3-5-10/h1-5,11-13H,6-9H2/t11-,12+/m0/s1. The van der Waals surface area contributed by atoms with Crippen LogP contribution in [0.1, 0.15) is 12.0 Å². The van der Waals surface area contributed by atoms with Gasteiger partial charge >= 0.3 is 0 Å². The molecule has 1 saturated carbocycles. The monoisotopic (exact) mass is 192 g/mol. The molecule has 1 aromatic carbocycles. The Morgan fingerprint density at radius 1 is 1.21 bits per heavy atom. The molecule has 1 fully saturated rings. The van der Waals surface area contributed by atoms with Crippen LogP contribution < -0.4 is 0 Å². The van der Waals surface area contributed by atoms with Crippen molar-refractivity contribution in [3.8, 4) is 0 Å². The van der Waals surface area contributed by atoms with Crippen molar-refractivity contribution in [3.63, 3.8) is 0 Å². The van der Waals surface area contributed by atoms with Crippen LogP contribution >= 0.6 is 0 Å². The molecule has 2 atom stereocenters. The van der Waals surface area contributed by atoms with Crippen molar-refractivity contribution in [1.82, 2.24) is 0 Å². The van der Waals surface area contributed by atoms with Crippen LogP contribution in [0.25, 0.3) is 0 Å². The third-order valence-electron chi connectivity index (χ3n) is 2.75. The Labute approximate surface area is 84.5 Å². The van der Waals surface area contributed by atoms with Gasteiger partial charge in [0.1, 0.15) is 0 Å². The quantitative estimate of drug-likeness (QED) is 0.771. The highest BCUT2D eigenvalue weighted by atomic mass is 16.5. The number of hydrogen-bond acceptors (Lipinski definition) is 2. The predicted octanol–water partition coefficient (Wildman–Crippen LogP) is 1.83. The predicted molar refractivity (Wildman–Crippen MR) is 54.8 cm³/mol. The number of ether oxygens (including phenoxy) is 1. The maximum absolute atomic E-state index is 8.84. The SMILES string of the molecule is OC[C@@H]1C[C@@H]1COCc1ccccc1. The summed E-state index contributed by atoms with van der Waals surface area (Å²) in [7, 11) is 0. The minimum absolute atomic E-state index is 0.319. The normalized spacial score (nSPS) is 24.9. The van der Waals surface area contributed by atoms with Crippen LogP contribution in [0.4, 0.5) is 0 Å². The molecule has 1 aliphatic rings. The molecule has 0 saturated heterocycles. The molecule has 2 nitrogen and oxygen atoms in total. The van der Waals surface area contributed by atoms with Crippen LogP contribution in [0.2, 0.25) is 0 Å². The molecule has 0 unspecified atom stereocenters. The molecule has 76 valence electrons. The second-order valence-corrected chi connectivity index (χ2v) is 3.94. The van der Waals surface area contributed by atoms with Crippen LogP contribution in [0.5, 0.6) is 0 Å². The molecule has 1 N–H and O–H groups in total. The molecule has 0 aromatic heterocycles. The second kappa shape index (κ2) is 4.58. The first-order chi connectivity index (χ1) is 6.90. The summed E-state index contributed by atoms with van der Waals surface area (Å²) >= 11 is 0. The molecule has 2 rings (SSSR count). The average Bonchev–Trinajstić information content (AvgIpc) is 2.98. The van der Waals surface area contributed by atoms with Gasteiger partial charge in [0.25, 0.3) is 0 Å². The summed E-state index contributed by atoms with van der Waals surface area (Å²) in [5, 5.41) is 8.84. The highest BCUT2D eigenvalue weighted by Crippen LogP contribution is 2.37. The van der Waals surface area contributed by atoms with E-state index in [0.29, 0.717) is 25.0 Å². The Morgan fingerprint density at radius 3 is 2.64 bits per heavy atom. The third-order valence-corrected chi connectivity index (χ3v) is 2.75. The average molecular weight is 192 g/mol. The maximum atomic E-state index is 8.84. The van der Waals surface area contributed by atoms with Crippen LogP contribution in [0.15, 0.2) is 30.3 Å². The molecule has 0 heterocycles. The molecule has 14 heavy (non-hydrogen) atoms. The Balaban J connectivity index is 1.64. The van der Waals surface area contributed by atoms with Crippen LogP contribution in [0, 0.1) is 11.8 Å². The first kappa shape index (κ1) is 9.69. The zero-order chi connectivity index (χ0) is 9.80. The van der Waals surface area contributed by atoms with E-state index in [-0.39, 0.29) is 0 Å². The van der Waals surface area contributed by atoms with E-state index < -0.39 is 0 Å². The Hall–Kier alpha value is -0.860. The Bertz CT molecular complexity index is 271. The second-order valence-electron chi connectivity index (χ2n) is 3.94. The van der Waals surface area contributed by atoms with Gasteiger partial charge in [-0.1, -0.05) is 30.3 Å². The maximum Gasteiger partial charge on any atom is 0.0717 e. The Kier molecular flexibility index (Phi) is 3.17. The summed E-state index contributed by atoms with van der Waals surface area (Å²) in [5.41, 5.74) is 1.22. The van der Waals surface area contributed by atoms with Gasteiger partial charge in [-0.15, -0.1) is 0 Å². The zero-order valence-electron chi connectivity index (χ0n) is 8.23. The van der Waals surface area contributed by atoms with E-state index in [4.69, 9.17) is 9.84 Å². The van der Waals surface area contributed by atoms with Crippen LogP contribution in [-0.4, -0.2) is 18.3 Å². The van der Waals surface area contributed by atoms with E-state index in [0.717, 1.165) is 13.0 Å². The summed E-state index contributed by atoms with van der Waals surface area (Å²) in [6.45, 7) is 1.80. The summed E-state index contributed by atoms with van der Waals surface area (Å²) < 4.78 is 5.56. The van der Waals surface area contributed by atoms with Gasteiger partial charge in [0.15, 0.2) is 0 Å². The van der Waals surface area contributed by atoms with Crippen molar-refractivity contribution in [2.45, 2.75) is 13.0 Å². The molecule has 0 bridgehead atoms. The first-order valence-corrected chi connectivity index (χ1v) is 5.12. The number of hydrogen-bond donors (Lipinski definition) is 1. The van der Waals surface area contributed by atoms with E-state index in [1.165, 1.54) is 5.56 Å². The third kappa shape index (κ3) is 2.56. The molecule has 1 aliphatic carbocycles. The minimum Gasteiger partial charge on any atom is -0.396 e. The van der Waals surface area contributed by atoms with Crippen molar-refractivity contribution in [2.75, 3.05) is 13.2 Å². The van der Waals surface area contributed by atoms with Gasteiger partial charge in [-0.3, -0.25) is 0 Å². The summed E-state index contributed by atoms with van der Waals surface area (Å²) in [5.74, 6) is 1.11. The lowest BCUT2D eigenvalue weighted by molar-refractivity contribution is 0.104. The number of benzene rings is 1.